The molecule has 0 saturated heterocycles. The number of nitrogens with zero attached hydrogens (tertiary/aromatic N) is 1. The molecule has 8 heteroatoms. The predicted octanol–water partition coefficient (Wildman–Crippen LogP) is 3.08. The van der Waals surface area contributed by atoms with E-state index in [2.05, 4.69) is 15.0 Å². The Labute approximate surface area is 108 Å². The molecular weight excluding hydrogens is 265 g/mol. The van der Waals surface area contributed by atoms with Crippen LogP contribution < -0.4 is 5.32 Å². The number of oxazole rings is 1. The summed E-state index contributed by atoms with van der Waals surface area (Å²) < 4.78 is 47.5. The standard InChI is InChI=1S/C11H15F3N2O3/c1-4-6(3)15-10-16-8(11(12,13)14)7(19-10)9(17)18-5-2/h6H,4-5H2,1-3H3,(H,15,16). The average Bonchev–Trinajstić information content (AvgIpc) is 2.73. The lowest BCUT2D eigenvalue weighted by Crippen LogP contribution is -2.15. The van der Waals surface area contributed by atoms with E-state index >= 15 is 0 Å². The molecule has 19 heavy (non-hydrogen) atoms. The highest BCUT2D eigenvalue weighted by atomic mass is 19.4. The summed E-state index contributed by atoms with van der Waals surface area (Å²) in [7, 11) is 0. The zero-order valence-corrected chi connectivity index (χ0v) is 10.8. The molecule has 1 unspecified atom stereocenters. The molecule has 1 aromatic rings. The van der Waals surface area contributed by atoms with E-state index in [9.17, 15) is 18.0 Å². The van der Waals surface area contributed by atoms with Crippen LogP contribution in [-0.2, 0) is 10.9 Å². The van der Waals surface area contributed by atoms with Crippen LogP contribution in [0.25, 0.3) is 0 Å². The van der Waals surface area contributed by atoms with E-state index in [1.165, 1.54) is 6.92 Å². The number of alkyl halides is 3. The smallest absolute Gasteiger partial charge is 0.437 e. The number of hydrogen-bond donors (Lipinski definition) is 1. The zero-order chi connectivity index (χ0) is 14.6. The van der Waals surface area contributed by atoms with Crippen molar-refractivity contribution >= 4 is 12.0 Å². The zero-order valence-electron chi connectivity index (χ0n) is 10.8. The van der Waals surface area contributed by atoms with Crippen LogP contribution in [0.2, 0.25) is 0 Å². The van der Waals surface area contributed by atoms with Crippen LogP contribution in [0.1, 0.15) is 43.4 Å². The number of anilines is 1. The highest BCUT2D eigenvalue weighted by Gasteiger charge is 2.41. The number of esters is 1. The van der Waals surface area contributed by atoms with Crippen molar-refractivity contribution < 1.29 is 27.1 Å². The van der Waals surface area contributed by atoms with Gasteiger partial charge in [-0.2, -0.15) is 18.2 Å². The predicted molar refractivity (Wildman–Crippen MR) is 60.8 cm³/mol. The number of carbonyl (C=O) groups excluding carboxylic acids is 1. The van der Waals surface area contributed by atoms with Crippen molar-refractivity contribution in [2.75, 3.05) is 11.9 Å². The van der Waals surface area contributed by atoms with Crippen molar-refractivity contribution in [1.82, 2.24) is 4.98 Å². The van der Waals surface area contributed by atoms with Crippen molar-refractivity contribution in [3.63, 3.8) is 0 Å². The lowest BCUT2D eigenvalue weighted by atomic mass is 10.3. The molecule has 1 rings (SSSR count). The van der Waals surface area contributed by atoms with E-state index in [4.69, 9.17) is 4.42 Å². The Morgan fingerprint density at radius 3 is 2.58 bits per heavy atom. The molecule has 1 aromatic heterocycles. The first-order valence-electron chi connectivity index (χ1n) is 5.81. The van der Waals surface area contributed by atoms with Crippen LogP contribution in [0.15, 0.2) is 4.42 Å². The maximum Gasteiger partial charge on any atom is 0.437 e. The molecular formula is C11H15F3N2O3. The summed E-state index contributed by atoms with van der Waals surface area (Å²) in [6.45, 7) is 5.03. The van der Waals surface area contributed by atoms with E-state index in [-0.39, 0.29) is 18.7 Å². The van der Waals surface area contributed by atoms with Crippen LogP contribution in [0.3, 0.4) is 0 Å². The summed E-state index contributed by atoms with van der Waals surface area (Å²) in [6, 6.07) is -0.473. The number of carbonyl (C=O) groups is 1. The number of ether oxygens (including phenoxy) is 1. The number of nitrogens with one attached hydrogen (secondary N) is 1. The first-order valence-corrected chi connectivity index (χ1v) is 5.81. The molecule has 0 fully saturated rings. The van der Waals surface area contributed by atoms with E-state index in [0.717, 1.165) is 0 Å². The fraction of sp³-hybridized carbons (Fsp3) is 0.636. The molecule has 0 aromatic carbocycles. The van der Waals surface area contributed by atoms with Gasteiger partial charge in [-0.25, -0.2) is 4.79 Å². The van der Waals surface area contributed by atoms with E-state index < -0.39 is 23.6 Å². The summed E-state index contributed by atoms with van der Waals surface area (Å²) in [5.41, 5.74) is -1.38. The lowest BCUT2D eigenvalue weighted by molar-refractivity contribution is -0.141. The van der Waals surface area contributed by atoms with Gasteiger partial charge < -0.3 is 14.5 Å². The van der Waals surface area contributed by atoms with Crippen LogP contribution >= 0.6 is 0 Å². The largest absolute Gasteiger partial charge is 0.460 e. The second kappa shape index (κ2) is 5.94. The third kappa shape index (κ3) is 3.87. The molecule has 0 spiro atoms. The molecule has 1 atom stereocenters. The van der Waals surface area contributed by atoms with Gasteiger partial charge in [-0.3, -0.25) is 0 Å². The molecule has 108 valence electrons. The fourth-order valence-electron chi connectivity index (χ4n) is 1.22. The quantitative estimate of drug-likeness (QED) is 0.840. The van der Waals surface area contributed by atoms with Crippen molar-refractivity contribution in [2.45, 2.75) is 39.4 Å². The van der Waals surface area contributed by atoms with Crippen molar-refractivity contribution in [3.8, 4) is 0 Å². The first kappa shape index (κ1) is 15.3. The van der Waals surface area contributed by atoms with Crippen molar-refractivity contribution in [1.29, 1.82) is 0 Å². The molecule has 0 saturated carbocycles. The first-order chi connectivity index (χ1) is 8.79. The summed E-state index contributed by atoms with van der Waals surface area (Å²) >= 11 is 0. The van der Waals surface area contributed by atoms with Crippen LogP contribution in [0.4, 0.5) is 19.2 Å². The molecule has 0 radical (unpaired) electrons. The van der Waals surface area contributed by atoms with Gasteiger partial charge >= 0.3 is 12.1 Å². The van der Waals surface area contributed by atoms with Gasteiger partial charge in [-0.05, 0) is 20.3 Å². The van der Waals surface area contributed by atoms with Gasteiger partial charge in [0.05, 0.1) is 6.61 Å². The molecule has 0 aliphatic rings. The van der Waals surface area contributed by atoms with E-state index in [1.54, 1.807) is 6.92 Å². The van der Waals surface area contributed by atoms with Gasteiger partial charge in [0.1, 0.15) is 0 Å². The molecule has 0 aliphatic carbocycles. The minimum absolute atomic E-state index is 0.0506. The van der Waals surface area contributed by atoms with Gasteiger partial charge in [0.15, 0.2) is 5.69 Å². The number of hydrogen-bond acceptors (Lipinski definition) is 5. The molecule has 1 heterocycles. The van der Waals surface area contributed by atoms with Gasteiger partial charge in [0, 0.05) is 6.04 Å². The van der Waals surface area contributed by atoms with Crippen LogP contribution in [0.5, 0.6) is 0 Å². The Kier molecular flexibility index (Phi) is 4.79. The summed E-state index contributed by atoms with van der Waals surface area (Å²) in [5, 5.41) is 2.64. The molecule has 0 amide bonds. The molecule has 0 aliphatic heterocycles. The molecule has 0 bridgehead atoms. The highest BCUT2D eigenvalue weighted by Crippen LogP contribution is 2.33. The second-order valence-electron chi connectivity index (χ2n) is 3.87. The number of aromatic nitrogens is 1. The third-order valence-electron chi connectivity index (χ3n) is 2.34. The number of halogens is 3. The maximum atomic E-state index is 12.7. The monoisotopic (exact) mass is 280 g/mol. The Morgan fingerprint density at radius 1 is 1.47 bits per heavy atom. The average molecular weight is 280 g/mol. The maximum absolute atomic E-state index is 12.7. The minimum Gasteiger partial charge on any atom is -0.460 e. The Morgan fingerprint density at radius 2 is 2.11 bits per heavy atom. The Balaban J connectivity index is 3.09. The van der Waals surface area contributed by atoms with E-state index in [0.29, 0.717) is 6.42 Å². The SMILES string of the molecule is CCOC(=O)c1oc(NC(C)CC)nc1C(F)(F)F. The second-order valence-corrected chi connectivity index (χ2v) is 3.87. The number of rotatable bonds is 5. The van der Waals surface area contributed by atoms with Gasteiger partial charge in [-0.1, -0.05) is 6.92 Å². The Hall–Kier alpha value is -1.73. The summed E-state index contributed by atoms with van der Waals surface area (Å²) in [6.07, 6.45) is -4.11. The minimum atomic E-state index is -4.78. The molecule has 5 nitrogen and oxygen atoms in total. The van der Waals surface area contributed by atoms with Gasteiger partial charge in [0.25, 0.3) is 6.01 Å². The Bertz CT molecular complexity index is 443. The van der Waals surface area contributed by atoms with Crippen LogP contribution in [-0.4, -0.2) is 23.6 Å². The summed E-state index contributed by atoms with van der Waals surface area (Å²) in [5.74, 6) is -2.11. The lowest BCUT2D eigenvalue weighted by Gasteiger charge is -2.07. The van der Waals surface area contributed by atoms with E-state index in [1.807, 2.05) is 6.92 Å². The molecule has 1 N–H and O–H groups in total. The highest BCUT2D eigenvalue weighted by molar-refractivity contribution is 5.88. The summed E-state index contributed by atoms with van der Waals surface area (Å²) in [4.78, 5) is 14.7. The normalized spacial score (nSPS) is 13.2. The third-order valence-corrected chi connectivity index (χ3v) is 2.34. The van der Waals surface area contributed by atoms with Gasteiger partial charge in [0.2, 0.25) is 5.76 Å². The van der Waals surface area contributed by atoms with Crippen molar-refractivity contribution in [2.24, 2.45) is 0 Å². The van der Waals surface area contributed by atoms with Crippen molar-refractivity contribution in [3.05, 3.63) is 11.5 Å². The topological polar surface area (TPSA) is 64.4 Å². The fourth-order valence-corrected chi connectivity index (χ4v) is 1.22. The van der Waals surface area contributed by atoms with Crippen LogP contribution in [0, 0.1) is 0 Å². The van der Waals surface area contributed by atoms with Gasteiger partial charge in [-0.15, -0.1) is 0 Å².